The van der Waals surface area contributed by atoms with Crippen LogP contribution in [0.2, 0.25) is 0 Å². The third-order valence-electron chi connectivity index (χ3n) is 2.85. The minimum Gasteiger partial charge on any atom is -0.480 e. The molecule has 0 amide bonds. The van der Waals surface area contributed by atoms with E-state index in [0.717, 1.165) is 36.5 Å². The van der Waals surface area contributed by atoms with Gasteiger partial charge in [0.05, 0.1) is 10.3 Å². The molecule has 4 nitrogen and oxygen atoms in total. The van der Waals surface area contributed by atoms with Gasteiger partial charge >= 0.3 is 5.97 Å². The summed E-state index contributed by atoms with van der Waals surface area (Å²) in [5.41, 5.74) is 1.33. The lowest BCUT2D eigenvalue weighted by molar-refractivity contribution is -0.138. The summed E-state index contributed by atoms with van der Waals surface area (Å²) >= 11 is 5.16. The molecular formula is C11H15BrN2O2S. The molecule has 17 heavy (non-hydrogen) atoms. The molecule has 0 spiro atoms. The third-order valence-corrected chi connectivity index (χ3v) is 4.40. The highest BCUT2D eigenvalue weighted by Crippen LogP contribution is 2.22. The van der Waals surface area contributed by atoms with Crippen molar-refractivity contribution in [3.63, 3.8) is 0 Å². The van der Waals surface area contributed by atoms with E-state index in [-0.39, 0.29) is 6.54 Å². The molecule has 6 heteroatoms. The van der Waals surface area contributed by atoms with Crippen molar-refractivity contribution < 1.29 is 9.90 Å². The maximum absolute atomic E-state index is 10.6. The molecule has 1 fully saturated rings. The van der Waals surface area contributed by atoms with Crippen molar-refractivity contribution in [3.05, 3.63) is 20.8 Å². The van der Waals surface area contributed by atoms with E-state index >= 15 is 0 Å². The summed E-state index contributed by atoms with van der Waals surface area (Å²) < 4.78 is 1.16. The number of hydrogen-bond donors (Lipinski definition) is 1. The van der Waals surface area contributed by atoms with E-state index in [1.807, 2.05) is 4.90 Å². The Morgan fingerprint density at radius 1 is 1.35 bits per heavy atom. The lowest BCUT2D eigenvalue weighted by atomic mass is 10.2. The maximum atomic E-state index is 10.6. The quantitative estimate of drug-likeness (QED) is 0.918. The smallest absolute Gasteiger partial charge is 0.317 e. The first-order chi connectivity index (χ1) is 8.13. The minimum absolute atomic E-state index is 0.165. The second-order valence-corrected chi connectivity index (χ2v) is 6.50. The molecule has 1 N–H and O–H groups in total. The topological polar surface area (TPSA) is 43.8 Å². The number of aliphatic carboxylic acids is 1. The number of carboxylic acids is 1. The molecule has 0 radical (unpaired) electrons. The van der Waals surface area contributed by atoms with Crippen molar-refractivity contribution in [1.29, 1.82) is 0 Å². The lowest BCUT2D eigenvalue weighted by Crippen LogP contribution is -2.47. The van der Waals surface area contributed by atoms with Crippen molar-refractivity contribution in [2.24, 2.45) is 0 Å². The molecule has 94 valence electrons. The molecule has 1 aliphatic heterocycles. The van der Waals surface area contributed by atoms with E-state index in [1.54, 1.807) is 11.3 Å². The fourth-order valence-corrected chi connectivity index (χ4v) is 3.18. The van der Waals surface area contributed by atoms with Gasteiger partial charge in [-0.3, -0.25) is 14.6 Å². The molecular weight excluding hydrogens is 304 g/mol. The summed E-state index contributed by atoms with van der Waals surface area (Å²) in [5.74, 6) is -0.736. The van der Waals surface area contributed by atoms with E-state index < -0.39 is 5.97 Å². The normalized spacial score (nSPS) is 18.4. The number of nitrogens with zero attached hydrogens (tertiary/aromatic N) is 2. The van der Waals surface area contributed by atoms with Crippen LogP contribution in [-0.2, 0) is 11.3 Å². The van der Waals surface area contributed by atoms with Crippen molar-refractivity contribution in [2.45, 2.75) is 6.54 Å². The number of piperazine rings is 1. The number of halogens is 1. The molecule has 2 heterocycles. The largest absolute Gasteiger partial charge is 0.480 e. The molecule has 1 aromatic rings. The summed E-state index contributed by atoms with van der Waals surface area (Å²) in [7, 11) is 0. The van der Waals surface area contributed by atoms with Crippen molar-refractivity contribution >= 4 is 33.2 Å². The van der Waals surface area contributed by atoms with Crippen LogP contribution >= 0.6 is 27.3 Å². The van der Waals surface area contributed by atoms with Crippen LogP contribution in [0, 0.1) is 0 Å². The molecule has 0 bridgehead atoms. The Hall–Kier alpha value is -0.430. The zero-order chi connectivity index (χ0) is 12.3. The first-order valence-electron chi connectivity index (χ1n) is 5.53. The second kappa shape index (κ2) is 5.95. The predicted molar refractivity (Wildman–Crippen MR) is 71.4 cm³/mol. The average molecular weight is 319 g/mol. The van der Waals surface area contributed by atoms with E-state index in [1.165, 1.54) is 5.56 Å². The molecule has 2 rings (SSSR count). The summed E-state index contributed by atoms with van der Waals surface area (Å²) in [6, 6.07) is 2.15. The van der Waals surface area contributed by atoms with Crippen LogP contribution < -0.4 is 0 Å². The van der Waals surface area contributed by atoms with E-state index in [4.69, 9.17) is 5.11 Å². The van der Waals surface area contributed by atoms with Gasteiger partial charge in [-0.15, -0.1) is 11.3 Å². The summed E-state index contributed by atoms with van der Waals surface area (Å²) in [5, 5.41) is 10.9. The van der Waals surface area contributed by atoms with Crippen LogP contribution in [0.1, 0.15) is 5.56 Å². The molecule has 0 unspecified atom stereocenters. The Morgan fingerprint density at radius 2 is 2.00 bits per heavy atom. The van der Waals surface area contributed by atoms with Crippen LogP contribution in [0.4, 0.5) is 0 Å². The lowest BCUT2D eigenvalue weighted by Gasteiger charge is -2.33. The van der Waals surface area contributed by atoms with Gasteiger partial charge in [0, 0.05) is 32.7 Å². The van der Waals surface area contributed by atoms with Crippen LogP contribution in [-0.4, -0.2) is 53.6 Å². The zero-order valence-corrected chi connectivity index (χ0v) is 11.8. The van der Waals surface area contributed by atoms with Gasteiger partial charge in [0.1, 0.15) is 0 Å². The SMILES string of the molecule is O=C(O)CN1CCN(Cc2csc(Br)c2)CC1. The molecule has 0 saturated carbocycles. The number of rotatable bonds is 4. The standard InChI is InChI=1S/C11H15BrN2O2S/c12-10-5-9(8-17-10)6-13-1-3-14(4-2-13)7-11(15)16/h5,8H,1-4,6-7H2,(H,15,16). The van der Waals surface area contributed by atoms with Gasteiger partial charge < -0.3 is 5.11 Å². The minimum atomic E-state index is -0.736. The van der Waals surface area contributed by atoms with E-state index in [0.29, 0.717) is 0 Å². The molecule has 0 aliphatic carbocycles. The Kier molecular flexibility index (Phi) is 4.55. The van der Waals surface area contributed by atoms with E-state index in [2.05, 4.69) is 32.3 Å². The highest BCUT2D eigenvalue weighted by molar-refractivity contribution is 9.11. The van der Waals surface area contributed by atoms with Crippen LogP contribution in [0.5, 0.6) is 0 Å². The third kappa shape index (κ3) is 4.06. The first-order valence-corrected chi connectivity index (χ1v) is 7.20. The Balaban J connectivity index is 1.77. The first kappa shape index (κ1) is 13.0. The van der Waals surface area contributed by atoms with Crippen LogP contribution in [0.15, 0.2) is 15.2 Å². The highest BCUT2D eigenvalue weighted by atomic mass is 79.9. The van der Waals surface area contributed by atoms with Gasteiger partial charge in [-0.2, -0.15) is 0 Å². The second-order valence-electron chi connectivity index (χ2n) is 4.21. The Labute approximate surface area is 113 Å². The van der Waals surface area contributed by atoms with Crippen LogP contribution in [0.3, 0.4) is 0 Å². The van der Waals surface area contributed by atoms with Gasteiger partial charge in [0.2, 0.25) is 0 Å². The number of carbonyl (C=O) groups is 1. The highest BCUT2D eigenvalue weighted by Gasteiger charge is 2.18. The predicted octanol–water partition coefficient (Wildman–Crippen LogP) is 1.71. The average Bonchev–Trinajstić information content (AvgIpc) is 2.66. The van der Waals surface area contributed by atoms with Crippen LogP contribution in [0.25, 0.3) is 0 Å². The monoisotopic (exact) mass is 318 g/mol. The summed E-state index contributed by atoms with van der Waals surface area (Å²) in [6.07, 6.45) is 0. The molecule has 0 aromatic carbocycles. The molecule has 1 aromatic heterocycles. The number of carboxylic acid groups (broad SMARTS) is 1. The Morgan fingerprint density at radius 3 is 2.53 bits per heavy atom. The number of hydrogen-bond acceptors (Lipinski definition) is 4. The fourth-order valence-electron chi connectivity index (χ4n) is 1.98. The van der Waals surface area contributed by atoms with Gasteiger partial charge in [0.15, 0.2) is 0 Å². The maximum Gasteiger partial charge on any atom is 0.317 e. The molecule has 1 saturated heterocycles. The molecule has 1 aliphatic rings. The fraction of sp³-hybridized carbons (Fsp3) is 0.545. The van der Waals surface area contributed by atoms with Crippen molar-refractivity contribution in [1.82, 2.24) is 9.80 Å². The van der Waals surface area contributed by atoms with Crippen molar-refractivity contribution in [3.8, 4) is 0 Å². The number of thiophene rings is 1. The van der Waals surface area contributed by atoms with Gasteiger partial charge in [0.25, 0.3) is 0 Å². The summed E-state index contributed by atoms with van der Waals surface area (Å²) in [4.78, 5) is 14.9. The summed E-state index contributed by atoms with van der Waals surface area (Å²) in [6.45, 7) is 4.71. The van der Waals surface area contributed by atoms with Gasteiger partial charge in [-0.05, 0) is 32.9 Å². The van der Waals surface area contributed by atoms with E-state index in [9.17, 15) is 4.79 Å². The molecule has 0 atom stereocenters. The van der Waals surface area contributed by atoms with Gasteiger partial charge in [-0.25, -0.2) is 0 Å². The van der Waals surface area contributed by atoms with Crippen molar-refractivity contribution in [2.75, 3.05) is 32.7 Å². The zero-order valence-electron chi connectivity index (χ0n) is 9.43. The Bertz CT molecular complexity index is 389. The van der Waals surface area contributed by atoms with Gasteiger partial charge in [-0.1, -0.05) is 0 Å².